The number of hydrogen-bond acceptors (Lipinski definition) is 2. The van der Waals surface area contributed by atoms with Gasteiger partial charge in [-0.15, -0.1) is 0 Å². The van der Waals surface area contributed by atoms with Crippen LogP contribution in [0.15, 0.2) is 46.9 Å². The molecule has 2 rings (SSSR count). The van der Waals surface area contributed by atoms with Crippen molar-refractivity contribution < 1.29 is 9.84 Å². The molecule has 0 aliphatic heterocycles. The smallest absolute Gasteiger partial charge is 0.119 e. The van der Waals surface area contributed by atoms with Crippen LogP contribution in [0.2, 0.25) is 0 Å². The van der Waals surface area contributed by atoms with Crippen molar-refractivity contribution in [1.29, 1.82) is 0 Å². The van der Waals surface area contributed by atoms with Gasteiger partial charge < -0.3 is 9.84 Å². The van der Waals surface area contributed by atoms with E-state index < -0.39 is 5.60 Å². The second kappa shape index (κ2) is 5.98. The zero-order valence-electron chi connectivity index (χ0n) is 12.0. The van der Waals surface area contributed by atoms with E-state index in [2.05, 4.69) is 15.9 Å². The molecule has 0 amide bonds. The van der Waals surface area contributed by atoms with E-state index in [0.717, 1.165) is 26.9 Å². The van der Waals surface area contributed by atoms with Crippen molar-refractivity contribution in [3.63, 3.8) is 0 Å². The molecule has 0 saturated carbocycles. The Balaban J connectivity index is 2.56. The molecule has 0 aliphatic carbocycles. The first-order valence-electron chi connectivity index (χ1n) is 6.65. The highest BCUT2D eigenvalue weighted by Crippen LogP contribution is 2.36. The summed E-state index contributed by atoms with van der Waals surface area (Å²) in [6.45, 7) is 3.99. The summed E-state index contributed by atoms with van der Waals surface area (Å²) in [7, 11) is 1.65. The van der Waals surface area contributed by atoms with Gasteiger partial charge in [0.1, 0.15) is 11.4 Å². The van der Waals surface area contributed by atoms with Crippen molar-refractivity contribution in [3.8, 4) is 5.75 Å². The van der Waals surface area contributed by atoms with E-state index in [4.69, 9.17) is 4.74 Å². The summed E-state index contributed by atoms with van der Waals surface area (Å²) in [5.41, 5.74) is 1.84. The van der Waals surface area contributed by atoms with E-state index in [9.17, 15) is 5.11 Å². The number of methoxy groups -OCH3 is 1. The summed E-state index contributed by atoms with van der Waals surface area (Å²) in [6, 6.07) is 13.6. The average Bonchev–Trinajstić information content (AvgIpc) is 2.46. The van der Waals surface area contributed by atoms with E-state index in [1.807, 2.05) is 56.3 Å². The molecule has 1 unspecified atom stereocenters. The molecule has 2 aromatic carbocycles. The molecule has 0 heterocycles. The Bertz CT molecular complexity index is 610. The lowest BCUT2D eigenvalue weighted by atomic mass is 9.82. The first-order chi connectivity index (χ1) is 9.51. The maximum absolute atomic E-state index is 11.2. The van der Waals surface area contributed by atoms with Gasteiger partial charge in [-0.25, -0.2) is 0 Å². The topological polar surface area (TPSA) is 29.5 Å². The third-order valence-electron chi connectivity index (χ3n) is 3.69. The minimum Gasteiger partial charge on any atom is -0.497 e. The third-order valence-corrected chi connectivity index (χ3v) is 4.19. The third kappa shape index (κ3) is 2.74. The summed E-state index contributed by atoms with van der Waals surface area (Å²) in [6.07, 6.45) is 0.608. The average molecular weight is 335 g/mol. The van der Waals surface area contributed by atoms with Crippen LogP contribution >= 0.6 is 15.9 Å². The van der Waals surface area contributed by atoms with Crippen molar-refractivity contribution in [2.75, 3.05) is 7.11 Å². The molecule has 0 fully saturated rings. The van der Waals surface area contributed by atoms with Crippen LogP contribution in [0, 0.1) is 6.92 Å². The molecular weight excluding hydrogens is 316 g/mol. The number of benzene rings is 2. The van der Waals surface area contributed by atoms with Gasteiger partial charge in [-0.1, -0.05) is 41.1 Å². The van der Waals surface area contributed by atoms with E-state index in [-0.39, 0.29) is 0 Å². The highest BCUT2D eigenvalue weighted by Gasteiger charge is 2.31. The van der Waals surface area contributed by atoms with Crippen LogP contribution in [0.25, 0.3) is 0 Å². The summed E-state index contributed by atoms with van der Waals surface area (Å²) in [5.74, 6) is 0.805. The number of rotatable bonds is 4. The summed E-state index contributed by atoms with van der Waals surface area (Å²) in [5, 5.41) is 11.2. The van der Waals surface area contributed by atoms with Crippen LogP contribution in [0.3, 0.4) is 0 Å². The molecule has 2 aromatic rings. The molecule has 20 heavy (non-hydrogen) atoms. The fraction of sp³-hybridized carbons (Fsp3) is 0.294. The predicted molar refractivity (Wildman–Crippen MR) is 85.2 cm³/mol. The minimum atomic E-state index is -0.986. The SMILES string of the molecule is CCC(O)(c1cccc(Br)c1)c1ccc(OC)cc1C. The van der Waals surface area contributed by atoms with Crippen LogP contribution in [0.4, 0.5) is 0 Å². The molecule has 0 aliphatic rings. The fourth-order valence-electron chi connectivity index (χ4n) is 2.52. The van der Waals surface area contributed by atoms with Gasteiger partial charge in [0, 0.05) is 4.47 Å². The van der Waals surface area contributed by atoms with Crippen molar-refractivity contribution in [2.24, 2.45) is 0 Å². The van der Waals surface area contributed by atoms with Gasteiger partial charge in [0.05, 0.1) is 7.11 Å². The lowest BCUT2D eigenvalue weighted by molar-refractivity contribution is 0.0757. The van der Waals surface area contributed by atoms with Gasteiger partial charge in [0.25, 0.3) is 0 Å². The van der Waals surface area contributed by atoms with Gasteiger partial charge in [-0.2, -0.15) is 0 Å². The van der Waals surface area contributed by atoms with Crippen LogP contribution in [-0.2, 0) is 5.60 Å². The maximum atomic E-state index is 11.2. The van der Waals surface area contributed by atoms with Gasteiger partial charge in [0.15, 0.2) is 0 Å². The van der Waals surface area contributed by atoms with E-state index >= 15 is 0 Å². The Hall–Kier alpha value is -1.32. The molecule has 1 atom stereocenters. The molecular formula is C17H19BrO2. The van der Waals surface area contributed by atoms with Crippen molar-refractivity contribution in [2.45, 2.75) is 25.9 Å². The van der Waals surface area contributed by atoms with Crippen LogP contribution in [0.5, 0.6) is 5.75 Å². The first-order valence-corrected chi connectivity index (χ1v) is 7.44. The van der Waals surface area contributed by atoms with E-state index in [1.165, 1.54) is 0 Å². The molecule has 0 radical (unpaired) electrons. The minimum absolute atomic E-state index is 0.608. The molecule has 0 saturated heterocycles. The molecule has 0 aromatic heterocycles. The van der Waals surface area contributed by atoms with Crippen molar-refractivity contribution in [3.05, 3.63) is 63.6 Å². The monoisotopic (exact) mass is 334 g/mol. The Morgan fingerprint density at radius 3 is 2.50 bits per heavy atom. The lowest BCUT2D eigenvalue weighted by Gasteiger charge is -2.30. The molecule has 1 N–H and O–H groups in total. The number of aryl methyl sites for hydroxylation is 1. The number of ether oxygens (including phenoxy) is 1. The van der Waals surface area contributed by atoms with Gasteiger partial charge in [-0.3, -0.25) is 0 Å². The summed E-state index contributed by atoms with van der Waals surface area (Å²) in [4.78, 5) is 0. The number of hydrogen-bond donors (Lipinski definition) is 1. The zero-order chi connectivity index (χ0) is 14.8. The Labute approximate surface area is 128 Å². The van der Waals surface area contributed by atoms with Gasteiger partial charge >= 0.3 is 0 Å². The summed E-state index contributed by atoms with van der Waals surface area (Å²) < 4.78 is 6.20. The molecule has 0 bridgehead atoms. The van der Waals surface area contributed by atoms with Crippen LogP contribution in [-0.4, -0.2) is 12.2 Å². The van der Waals surface area contributed by atoms with Gasteiger partial charge in [-0.05, 0) is 54.3 Å². The second-order valence-corrected chi connectivity index (χ2v) is 5.82. The Morgan fingerprint density at radius 2 is 1.95 bits per heavy atom. The Morgan fingerprint density at radius 1 is 1.20 bits per heavy atom. The lowest BCUT2D eigenvalue weighted by Crippen LogP contribution is -2.27. The first kappa shape index (κ1) is 15.1. The highest BCUT2D eigenvalue weighted by molar-refractivity contribution is 9.10. The van der Waals surface area contributed by atoms with Crippen LogP contribution in [0.1, 0.15) is 30.0 Å². The predicted octanol–water partition coefficient (Wildman–Crippen LogP) is 4.41. The zero-order valence-corrected chi connectivity index (χ0v) is 13.6. The van der Waals surface area contributed by atoms with Gasteiger partial charge in [0.2, 0.25) is 0 Å². The van der Waals surface area contributed by atoms with E-state index in [1.54, 1.807) is 7.11 Å². The Kier molecular flexibility index (Phi) is 4.51. The quantitative estimate of drug-likeness (QED) is 0.897. The molecule has 3 heteroatoms. The molecule has 0 spiro atoms. The van der Waals surface area contributed by atoms with Crippen molar-refractivity contribution in [1.82, 2.24) is 0 Å². The number of halogens is 1. The second-order valence-electron chi connectivity index (χ2n) is 4.91. The summed E-state index contributed by atoms with van der Waals surface area (Å²) >= 11 is 3.47. The molecule has 106 valence electrons. The van der Waals surface area contributed by atoms with Crippen LogP contribution < -0.4 is 4.74 Å². The largest absolute Gasteiger partial charge is 0.497 e. The number of aliphatic hydroxyl groups is 1. The normalized spacial score (nSPS) is 13.8. The van der Waals surface area contributed by atoms with Crippen molar-refractivity contribution >= 4 is 15.9 Å². The van der Waals surface area contributed by atoms with E-state index in [0.29, 0.717) is 6.42 Å². The molecule has 2 nitrogen and oxygen atoms in total. The fourth-order valence-corrected chi connectivity index (χ4v) is 2.92. The highest BCUT2D eigenvalue weighted by atomic mass is 79.9. The maximum Gasteiger partial charge on any atom is 0.119 e. The standard InChI is InChI=1S/C17H19BrO2/c1-4-17(19,13-6-5-7-14(18)11-13)16-9-8-15(20-3)10-12(16)2/h5-11,19H,4H2,1-3H3.